The van der Waals surface area contributed by atoms with Gasteiger partial charge in [0.2, 0.25) is 0 Å². The van der Waals surface area contributed by atoms with Crippen LogP contribution >= 0.6 is 15.9 Å². The normalized spacial score (nSPS) is 12.2. The maximum Gasteiger partial charge on any atom is 0.411 e. The molecule has 10 heteroatoms. The molecule has 0 aliphatic heterocycles. The van der Waals surface area contributed by atoms with Crippen LogP contribution in [0.5, 0.6) is 0 Å². The zero-order chi connectivity index (χ0) is 22.3. The van der Waals surface area contributed by atoms with Crippen molar-refractivity contribution >= 4 is 33.8 Å². The van der Waals surface area contributed by atoms with Gasteiger partial charge in [-0.15, -0.1) is 0 Å². The molecule has 0 aliphatic rings. The van der Waals surface area contributed by atoms with Crippen molar-refractivity contribution in [2.45, 2.75) is 45.8 Å². The van der Waals surface area contributed by atoms with Crippen LogP contribution in [0.4, 0.5) is 19.7 Å². The molecule has 1 aromatic carbocycles. The molecule has 164 valence electrons. The van der Waals surface area contributed by atoms with E-state index in [1.807, 2.05) is 0 Å². The number of rotatable bonds is 8. The van der Waals surface area contributed by atoms with Crippen LogP contribution in [0, 0.1) is 5.82 Å². The third-order valence-corrected chi connectivity index (χ3v) is 4.52. The van der Waals surface area contributed by atoms with E-state index < -0.39 is 23.6 Å². The SMILES string of the molecule is CCOC(=O)Nc1ccc(F)c(C(C)CNC(=O)OC(C)(C)Cn2cc(Br)cn2)c1. The fourth-order valence-electron chi connectivity index (χ4n) is 2.76. The van der Waals surface area contributed by atoms with E-state index in [2.05, 4.69) is 31.7 Å². The minimum Gasteiger partial charge on any atom is -0.450 e. The average Bonchev–Trinajstić information content (AvgIpc) is 3.05. The third-order valence-electron chi connectivity index (χ3n) is 4.11. The van der Waals surface area contributed by atoms with Gasteiger partial charge in [0.05, 0.1) is 23.8 Å². The van der Waals surface area contributed by atoms with Crippen molar-refractivity contribution in [2.24, 2.45) is 0 Å². The summed E-state index contributed by atoms with van der Waals surface area (Å²) in [5.41, 5.74) is -0.0379. The highest BCUT2D eigenvalue weighted by atomic mass is 79.9. The molecule has 0 radical (unpaired) electrons. The third kappa shape index (κ3) is 7.33. The molecule has 2 N–H and O–H groups in total. The number of nitrogens with one attached hydrogen (secondary N) is 2. The number of carbonyl (C=O) groups excluding carboxylic acids is 2. The molecule has 1 atom stereocenters. The molecular weight excluding hydrogens is 459 g/mol. The molecule has 1 heterocycles. The Morgan fingerprint density at radius 3 is 2.70 bits per heavy atom. The molecule has 2 rings (SSSR count). The molecule has 0 saturated heterocycles. The highest BCUT2D eigenvalue weighted by Crippen LogP contribution is 2.23. The molecule has 0 spiro atoms. The summed E-state index contributed by atoms with van der Waals surface area (Å²) in [7, 11) is 0. The molecule has 1 aromatic heterocycles. The zero-order valence-electron chi connectivity index (χ0n) is 17.4. The van der Waals surface area contributed by atoms with Gasteiger partial charge in [-0.1, -0.05) is 6.92 Å². The summed E-state index contributed by atoms with van der Waals surface area (Å²) < 4.78 is 27.0. The van der Waals surface area contributed by atoms with Crippen molar-refractivity contribution in [1.29, 1.82) is 0 Å². The number of hydrogen-bond acceptors (Lipinski definition) is 5. The Balaban J connectivity index is 1.91. The lowest BCUT2D eigenvalue weighted by Gasteiger charge is -2.25. The summed E-state index contributed by atoms with van der Waals surface area (Å²) in [5.74, 6) is -0.789. The van der Waals surface area contributed by atoms with E-state index in [1.54, 1.807) is 44.8 Å². The fourth-order valence-corrected chi connectivity index (χ4v) is 3.09. The van der Waals surface area contributed by atoms with E-state index in [9.17, 15) is 14.0 Å². The smallest absolute Gasteiger partial charge is 0.411 e. The van der Waals surface area contributed by atoms with Crippen molar-refractivity contribution in [3.8, 4) is 0 Å². The van der Waals surface area contributed by atoms with Gasteiger partial charge in [0.25, 0.3) is 0 Å². The van der Waals surface area contributed by atoms with Gasteiger partial charge in [0.1, 0.15) is 11.4 Å². The van der Waals surface area contributed by atoms with E-state index in [0.717, 1.165) is 4.47 Å². The number of carbonyl (C=O) groups is 2. The summed E-state index contributed by atoms with van der Waals surface area (Å²) in [4.78, 5) is 23.8. The van der Waals surface area contributed by atoms with Gasteiger partial charge < -0.3 is 14.8 Å². The summed E-state index contributed by atoms with van der Waals surface area (Å²) in [6.07, 6.45) is 2.21. The van der Waals surface area contributed by atoms with Crippen LogP contribution in [0.15, 0.2) is 35.1 Å². The van der Waals surface area contributed by atoms with Gasteiger partial charge >= 0.3 is 12.2 Å². The molecule has 8 nitrogen and oxygen atoms in total. The summed E-state index contributed by atoms with van der Waals surface area (Å²) >= 11 is 3.32. The zero-order valence-corrected chi connectivity index (χ0v) is 19.0. The van der Waals surface area contributed by atoms with E-state index >= 15 is 0 Å². The second-order valence-corrected chi connectivity index (χ2v) is 8.28. The van der Waals surface area contributed by atoms with Crippen LogP contribution in [-0.2, 0) is 16.0 Å². The van der Waals surface area contributed by atoms with Gasteiger partial charge in [-0.25, -0.2) is 14.0 Å². The minimum atomic E-state index is -0.798. The second-order valence-electron chi connectivity index (χ2n) is 7.37. The molecule has 2 aromatic rings. The summed E-state index contributed by atoms with van der Waals surface area (Å²) in [5, 5.41) is 9.34. The lowest BCUT2D eigenvalue weighted by Crippen LogP contribution is -2.39. The van der Waals surface area contributed by atoms with Crippen LogP contribution in [0.3, 0.4) is 0 Å². The maximum atomic E-state index is 14.2. The van der Waals surface area contributed by atoms with Gasteiger partial charge in [-0.05, 0) is 60.5 Å². The largest absolute Gasteiger partial charge is 0.450 e. The lowest BCUT2D eigenvalue weighted by molar-refractivity contribution is 0.0237. The van der Waals surface area contributed by atoms with Crippen molar-refractivity contribution in [2.75, 3.05) is 18.5 Å². The van der Waals surface area contributed by atoms with Gasteiger partial charge in [-0.2, -0.15) is 5.10 Å². The average molecular weight is 485 g/mol. The quantitative estimate of drug-likeness (QED) is 0.567. The first-order valence-electron chi connectivity index (χ1n) is 9.47. The number of aromatic nitrogens is 2. The molecule has 0 fully saturated rings. The molecule has 0 bridgehead atoms. The molecular formula is C20H26BrFN4O4. The maximum absolute atomic E-state index is 14.2. The van der Waals surface area contributed by atoms with Crippen LogP contribution in [0.1, 0.15) is 39.2 Å². The van der Waals surface area contributed by atoms with E-state index in [0.29, 0.717) is 17.8 Å². The van der Waals surface area contributed by atoms with Crippen molar-refractivity contribution in [3.05, 3.63) is 46.4 Å². The Morgan fingerprint density at radius 1 is 1.33 bits per heavy atom. The first kappa shape index (κ1) is 23.7. The van der Waals surface area contributed by atoms with Crippen molar-refractivity contribution in [1.82, 2.24) is 15.1 Å². The molecule has 0 aliphatic carbocycles. The summed E-state index contributed by atoms with van der Waals surface area (Å²) in [6.45, 7) is 7.76. The predicted octanol–water partition coefficient (Wildman–Crippen LogP) is 4.66. The Labute approximate surface area is 183 Å². The molecule has 2 amide bonds. The van der Waals surface area contributed by atoms with Crippen molar-refractivity contribution in [3.63, 3.8) is 0 Å². The number of nitrogens with zero attached hydrogens (tertiary/aromatic N) is 2. The monoisotopic (exact) mass is 484 g/mol. The minimum absolute atomic E-state index is 0.155. The highest BCUT2D eigenvalue weighted by Gasteiger charge is 2.24. The number of alkyl carbamates (subject to hydrolysis) is 1. The molecule has 30 heavy (non-hydrogen) atoms. The predicted molar refractivity (Wildman–Crippen MR) is 114 cm³/mol. The standard InChI is InChI=1S/C20H26BrFN4O4/c1-5-29-19(28)25-15-6-7-17(22)16(8-15)13(2)9-23-18(27)30-20(3,4)12-26-11-14(21)10-24-26/h6-8,10-11,13H,5,9,12H2,1-4H3,(H,23,27)(H,25,28). The Kier molecular flexibility index (Phi) is 8.22. The van der Waals surface area contributed by atoms with Crippen molar-refractivity contribution < 1.29 is 23.5 Å². The van der Waals surface area contributed by atoms with Gasteiger partial charge in [-0.3, -0.25) is 10.00 Å². The highest BCUT2D eigenvalue weighted by molar-refractivity contribution is 9.10. The Morgan fingerprint density at radius 2 is 2.07 bits per heavy atom. The van der Waals surface area contributed by atoms with Crippen LogP contribution < -0.4 is 10.6 Å². The number of amides is 2. The number of benzene rings is 1. The first-order chi connectivity index (χ1) is 14.1. The second kappa shape index (κ2) is 10.4. The van der Waals surface area contributed by atoms with Gasteiger partial charge in [0.15, 0.2) is 0 Å². The van der Waals surface area contributed by atoms with Crippen LogP contribution in [0.2, 0.25) is 0 Å². The number of halogens is 2. The van der Waals surface area contributed by atoms with Gasteiger partial charge in [0, 0.05) is 24.3 Å². The van der Waals surface area contributed by atoms with E-state index in [1.165, 1.54) is 18.2 Å². The Hall–Kier alpha value is -2.62. The summed E-state index contributed by atoms with van der Waals surface area (Å²) in [6, 6.07) is 4.22. The van der Waals surface area contributed by atoms with E-state index in [-0.39, 0.29) is 19.1 Å². The Bertz CT molecular complexity index is 887. The molecule has 0 saturated carbocycles. The molecule has 1 unspecified atom stereocenters. The van der Waals surface area contributed by atoms with Crippen LogP contribution in [0.25, 0.3) is 0 Å². The fraction of sp³-hybridized carbons (Fsp3) is 0.450. The topological polar surface area (TPSA) is 94.5 Å². The first-order valence-corrected chi connectivity index (χ1v) is 10.3. The lowest BCUT2D eigenvalue weighted by atomic mass is 10.00. The number of hydrogen-bond donors (Lipinski definition) is 2. The number of anilines is 1. The number of ether oxygens (including phenoxy) is 2. The van der Waals surface area contributed by atoms with E-state index in [4.69, 9.17) is 9.47 Å². The van der Waals surface area contributed by atoms with Crippen LogP contribution in [-0.4, -0.2) is 40.7 Å².